The molecule has 0 spiro atoms. The van der Waals surface area contributed by atoms with Gasteiger partial charge in [-0.3, -0.25) is 4.31 Å². The zero-order chi connectivity index (χ0) is 17.6. The fourth-order valence-corrected chi connectivity index (χ4v) is 5.69. The molecule has 2 aliphatic heterocycles. The standard InChI is InChI=1S/C19H24N2O3S/c1-14-8-10-20(11-9-14)12-16(22)13-21-17-6-2-4-15-5-3-7-18(19(15)17)25(21,23)24/h2-7,14,16,22H,8-13H2,1H3. The lowest BCUT2D eigenvalue weighted by molar-refractivity contribution is 0.0971. The van der Waals surface area contributed by atoms with E-state index in [9.17, 15) is 13.5 Å². The highest BCUT2D eigenvalue weighted by atomic mass is 32.2. The molecule has 4 rings (SSSR count). The predicted molar refractivity (Wildman–Crippen MR) is 99.3 cm³/mol. The molecule has 1 saturated heterocycles. The first-order valence-electron chi connectivity index (χ1n) is 8.92. The van der Waals surface area contributed by atoms with Crippen molar-refractivity contribution in [2.45, 2.75) is 30.8 Å². The number of aliphatic hydroxyl groups is 1. The monoisotopic (exact) mass is 360 g/mol. The van der Waals surface area contributed by atoms with Gasteiger partial charge in [-0.05, 0) is 49.4 Å². The number of piperidine rings is 1. The molecule has 0 saturated carbocycles. The second kappa shape index (κ2) is 6.27. The Morgan fingerprint density at radius 1 is 1.12 bits per heavy atom. The van der Waals surface area contributed by atoms with Gasteiger partial charge in [0.2, 0.25) is 0 Å². The summed E-state index contributed by atoms with van der Waals surface area (Å²) in [6.45, 7) is 4.82. The van der Waals surface area contributed by atoms with Gasteiger partial charge in [0.25, 0.3) is 10.0 Å². The Labute approximate surface area is 148 Å². The van der Waals surface area contributed by atoms with Gasteiger partial charge in [-0.1, -0.05) is 31.2 Å². The maximum Gasteiger partial charge on any atom is 0.265 e. The second-order valence-corrected chi connectivity index (χ2v) is 9.14. The zero-order valence-electron chi connectivity index (χ0n) is 14.4. The minimum absolute atomic E-state index is 0.0994. The van der Waals surface area contributed by atoms with Crippen molar-refractivity contribution in [1.29, 1.82) is 0 Å². The van der Waals surface area contributed by atoms with E-state index >= 15 is 0 Å². The number of benzene rings is 2. The summed E-state index contributed by atoms with van der Waals surface area (Å²) < 4.78 is 27.3. The zero-order valence-corrected chi connectivity index (χ0v) is 15.2. The van der Waals surface area contributed by atoms with Gasteiger partial charge in [0.1, 0.15) is 0 Å². The van der Waals surface area contributed by atoms with E-state index in [1.807, 2.05) is 24.3 Å². The molecule has 0 radical (unpaired) electrons. The number of rotatable bonds is 4. The number of likely N-dealkylation sites (tertiary alicyclic amines) is 1. The van der Waals surface area contributed by atoms with Gasteiger partial charge in [0.15, 0.2) is 0 Å². The largest absolute Gasteiger partial charge is 0.390 e. The fourth-order valence-electron chi connectivity index (χ4n) is 3.95. The van der Waals surface area contributed by atoms with Gasteiger partial charge in [0.05, 0.1) is 23.2 Å². The Morgan fingerprint density at radius 3 is 2.52 bits per heavy atom. The molecule has 2 aromatic rings. The first kappa shape index (κ1) is 16.8. The quantitative estimate of drug-likeness (QED) is 0.910. The molecule has 1 fully saturated rings. The van der Waals surface area contributed by atoms with E-state index in [1.165, 1.54) is 4.31 Å². The van der Waals surface area contributed by atoms with Gasteiger partial charge in [-0.25, -0.2) is 8.42 Å². The van der Waals surface area contributed by atoms with Crippen LogP contribution in [0.3, 0.4) is 0 Å². The van der Waals surface area contributed by atoms with E-state index in [-0.39, 0.29) is 6.54 Å². The SMILES string of the molecule is CC1CCN(CC(O)CN2c3cccc4cccc(c34)S2(=O)=O)CC1. The molecule has 1 atom stereocenters. The summed E-state index contributed by atoms with van der Waals surface area (Å²) in [7, 11) is -3.59. The molecule has 0 amide bonds. The van der Waals surface area contributed by atoms with Crippen molar-refractivity contribution in [2.24, 2.45) is 5.92 Å². The molecule has 5 nitrogen and oxygen atoms in total. The summed E-state index contributed by atoms with van der Waals surface area (Å²) in [6.07, 6.45) is 1.58. The van der Waals surface area contributed by atoms with Crippen molar-refractivity contribution < 1.29 is 13.5 Å². The number of hydrogen-bond donors (Lipinski definition) is 1. The van der Waals surface area contributed by atoms with E-state index in [0.29, 0.717) is 17.1 Å². The molecule has 2 aromatic carbocycles. The van der Waals surface area contributed by atoms with Crippen molar-refractivity contribution >= 4 is 26.5 Å². The van der Waals surface area contributed by atoms with Crippen LogP contribution in [0.5, 0.6) is 0 Å². The van der Waals surface area contributed by atoms with Crippen molar-refractivity contribution in [1.82, 2.24) is 4.90 Å². The third-order valence-corrected chi connectivity index (χ3v) is 7.23. The first-order chi connectivity index (χ1) is 12.0. The van der Waals surface area contributed by atoms with E-state index in [0.717, 1.165) is 42.6 Å². The van der Waals surface area contributed by atoms with Crippen LogP contribution >= 0.6 is 0 Å². The van der Waals surface area contributed by atoms with Gasteiger partial charge in [0, 0.05) is 11.9 Å². The summed E-state index contributed by atoms with van der Waals surface area (Å²) >= 11 is 0. The lowest BCUT2D eigenvalue weighted by Crippen LogP contribution is -2.43. The van der Waals surface area contributed by atoms with E-state index < -0.39 is 16.1 Å². The molecular formula is C19H24N2O3S. The number of sulfonamides is 1. The lowest BCUT2D eigenvalue weighted by atomic mass is 9.99. The molecule has 25 heavy (non-hydrogen) atoms. The Hall–Kier alpha value is -1.63. The number of nitrogens with zero attached hydrogens (tertiary/aromatic N) is 2. The topological polar surface area (TPSA) is 60.9 Å². The van der Waals surface area contributed by atoms with Crippen molar-refractivity contribution in [3.8, 4) is 0 Å². The van der Waals surface area contributed by atoms with Crippen LogP contribution in [-0.4, -0.2) is 50.7 Å². The van der Waals surface area contributed by atoms with Crippen LogP contribution in [0, 0.1) is 5.92 Å². The van der Waals surface area contributed by atoms with Crippen LogP contribution in [-0.2, 0) is 10.0 Å². The highest BCUT2D eigenvalue weighted by Gasteiger charge is 2.36. The van der Waals surface area contributed by atoms with Crippen LogP contribution in [0.2, 0.25) is 0 Å². The summed E-state index contributed by atoms with van der Waals surface area (Å²) in [6, 6.07) is 11.0. The van der Waals surface area contributed by atoms with E-state index in [4.69, 9.17) is 0 Å². The van der Waals surface area contributed by atoms with E-state index in [2.05, 4.69) is 11.8 Å². The number of β-amino-alcohol motifs (C(OH)–C–C–N with tert-alkyl or cyclic N) is 1. The lowest BCUT2D eigenvalue weighted by Gasteiger charge is -2.32. The molecule has 2 aliphatic rings. The summed E-state index contributed by atoms with van der Waals surface area (Å²) in [4.78, 5) is 2.58. The van der Waals surface area contributed by atoms with E-state index in [1.54, 1.807) is 12.1 Å². The Kier molecular flexibility index (Phi) is 4.22. The average molecular weight is 360 g/mol. The van der Waals surface area contributed by atoms with Gasteiger partial charge >= 0.3 is 0 Å². The average Bonchev–Trinajstić information content (AvgIpc) is 2.81. The Bertz CT molecular complexity index is 883. The minimum atomic E-state index is -3.59. The third-order valence-electron chi connectivity index (χ3n) is 5.40. The maximum atomic E-state index is 12.9. The smallest absolute Gasteiger partial charge is 0.265 e. The van der Waals surface area contributed by atoms with Crippen LogP contribution in [0.25, 0.3) is 10.8 Å². The van der Waals surface area contributed by atoms with Gasteiger partial charge in [-0.2, -0.15) is 0 Å². The molecular weight excluding hydrogens is 336 g/mol. The highest BCUT2D eigenvalue weighted by Crippen LogP contribution is 2.41. The van der Waals surface area contributed by atoms with Crippen LogP contribution in [0.15, 0.2) is 41.3 Å². The molecule has 0 aliphatic carbocycles. The van der Waals surface area contributed by atoms with Gasteiger partial charge < -0.3 is 10.0 Å². The highest BCUT2D eigenvalue weighted by molar-refractivity contribution is 7.93. The summed E-state index contributed by atoms with van der Waals surface area (Å²) in [5.41, 5.74) is 0.680. The molecule has 1 unspecified atom stereocenters. The van der Waals surface area contributed by atoms with Crippen LogP contribution < -0.4 is 4.31 Å². The Balaban J connectivity index is 1.56. The molecule has 0 bridgehead atoms. The predicted octanol–water partition coefficient (Wildman–Crippen LogP) is 2.44. The van der Waals surface area contributed by atoms with Gasteiger partial charge in [-0.15, -0.1) is 0 Å². The minimum Gasteiger partial charge on any atom is -0.390 e. The fraction of sp³-hybridized carbons (Fsp3) is 0.474. The molecule has 2 heterocycles. The van der Waals surface area contributed by atoms with Crippen molar-refractivity contribution in [3.05, 3.63) is 36.4 Å². The number of aliphatic hydroxyl groups excluding tert-OH is 1. The normalized spacial score (nSPS) is 21.8. The summed E-state index contributed by atoms with van der Waals surface area (Å²) in [5, 5.41) is 12.2. The first-order valence-corrected chi connectivity index (χ1v) is 10.4. The molecule has 134 valence electrons. The van der Waals surface area contributed by atoms with Crippen LogP contribution in [0.1, 0.15) is 19.8 Å². The second-order valence-electron chi connectivity index (χ2n) is 7.30. The third kappa shape index (κ3) is 2.92. The number of anilines is 1. The maximum absolute atomic E-state index is 12.9. The molecule has 0 aromatic heterocycles. The summed E-state index contributed by atoms with van der Waals surface area (Å²) in [5.74, 6) is 0.736. The van der Waals surface area contributed by atoms with Crippen molar-refractivity contribution in [2.75, 3.05) is 30.5 Å². The van der Waals surface area contributed by atoms with Crippen LogP contribution in [0.4, 0.5) is 5.69 Å². The molecule has 6 heteroatoms. The van der Waals surface area contributed by atoms with Crippen molar-refractivity contribution in [3.63, 3.8) is 0 Å². The molecule has 1 N–H and O–H groups in total. The Morgan fingerprint density at radius 2 is 1.80 bits per heavy atom. The number of hydrogen-bond acceptors (Lipinski definition) is 4.